The summed E-state index contributed by atoms with van der Waals surface area (Å²) < 4.78 is 39.6. The summed E-state index contributed by atoms with van der Waals surface area (Å²) in [6, 6.07) is 5.89. The molecule has 0 radical (unpaired) electrons. The average molecular weight is 420 g/mol. The van der Waals surface area contributed by atoms with Crippen molar-refractivity contribution in [1.82, 2.24) is 15.1 Å². The minimum atomic E-state index is -4.51. The van der Waals surface area contributed by atoms with E-state index < -0.39 is 17.8 Å². The summed E-state index contributed by atoms with van der Waals surface area (Å²) in [5.41, 5.74) is 2.83. The van der Waals surface area contributed by atoms with Gasteiger partial charge in [-0.2, -0.15) is 18.3 Å². The zero-order valence-corrected chi connectivity index (χ0v) is 17.3. The zero-order chi connectivity index (χ0) is 21.5. The smallest absolute Gasteiger partial charge is 0.326 e. The second-order valence-corrected chi connectivity index (χ2v) is 8.79. The highest BCUT2D eigenvalue weighted by molar-refractivity contribution is 5.94. The molecule has 0 spiro atoms. The molecule has 0 bridgehead atoms. The Morgan fingerprint density at radius 1 is 1.30 bits per heavy atom. The number of nitrogens with zero attached hydrogens (tertiary/aromatic N) is 2. The Balaban J connectivity index is 1.45. The van der Waals surface area contributed by atoms with Gasteiger partial charge < -0.3 is 5.32 Å². The van der Waals surface area contributed by atoms with Crippen molar-refractivity contribution in [3.63, 3.8) is 0 Å². The predicted octanol–water partition coefficient (Wildman–Crippen LogP) is 4.53. The topological polar surface area (TPSA) is 61.0 Å². The third kappa shape index (κ3) is 4.24. The van der Waals surface area contributed by atoms with Crippen molar-refractivity contribution in [2.45, 2.75) is 58.8 Å². The van der Waals surface area contributed by atoms with Crippen molar-refractivity contribution in [2.24, 2.45) is 11.8 Å². The van der Waals surface area contributed by atoms with Gasteiger partial charge in [-0.1, -0.05) is 26.0 Å². The fourth-order valence-electron chi connectivity index (χ4n) is 4.39. The lowest BCUT2D eigenvalue weighted by atomic mass is 9.85. The Labute approximate surface area is 174 Å². The second-order valence-electron chi connectivity index (χ2n) is 8.79. The number of hydrogen-bond acceptors (Lipinski definition) is 3. The van der Waals surface area contributed by atoms with Crippen LogP contribution in [-0.4, -0.2) is 27.5 Å². The Bertz CT molecular complexity index is 935. The molecule has 0 saturated carbocycles. The van der Waals surface area contributed by atoms with Crippen LogP contribution >= 0.6 is 0 Å². The first-order chi connectivity index (χ1) is 14.2. The normalized spacial score (nSPS) is 19.1. The van der Waals surface area contributed by atoms with Gasteiger partial charge in [0.15, 0.2) is 5.69 Å². The van der Waals surface area contributed by atoms with Crippen LogP contribution in [0.4, 0.5) is 18.9 Å². The van der Waals surface area contributed by atoms with E-state index in [1.165, 1.54) is 5.56 Å². The number of carbonyl (C=O) groups is 1. The second kappa shape index (κ2) is 8.06. The summed E-state index contributed by atoms with van der Waals surface area (Å²) in [5.74, 6) is -0.0805. The molecule has 1 aliphatic heterocycles. The minimum Gasteiger partial charge on any atom is -0.326 e. The van der Waals surface area contributed by atoms with Gasteiger partial charge in [0, 0.05) is 36.0 Å². The maximum absolute atomic E-state index is 13.2. The van der Waals surface area contributed by atoms with Gasteiger partial charge in [0.25, 0.3) is 0 Å². The lowest BCUT2D eigenvalue weighted by Gasteiger charge is -2.23. The third-order valence-corrected chi connectivity index (χ3v) is 6.11. The molecule has 2 aromatic rings. The Hall–Kier alpha value is -2.35. The van der Waals surface area contributed by atoms with Crippen LogP contribution in [-0.2, 0) is 36.9 Å². The van der Waals surface area contributed by atoms with Gasteiger partial charge in [-0.05, 0) is 55.3 Å². The molecular formula is C22H27F3N4O. The number of aromatic amines is 1. The number of fused-ring (bicyclic) bond motifs is 2. The van der Waals surface area contributed by atoms with E-state index in [2.05, 4.69) is 40.3 Å². The molecule has 0 saturated heterocycles. The Morgan fingerprint density at radius 2 is 2.10 bits per heavy atom. The molecule has 1 atom stereocenters. The Kier molecular flexibility index (Phi) is 5.61. The quantitative estimate of drug-likeness (QED) is 0.747. The van der Waals surface area contributed by atoms with Gasteiger partial charge in [-0.25, -0.2) is 0 Å². The van der Waals surface area contributed by atoms with E-state index in [1.807, 2.05) is 12.1 Å². The molecule has 8 heteroatoms. The number of amides is 1. The molecule has 0 fully saturated rings. The van der Waals surface area contributed by atoms with Gasteiger partial charge >= 0.3 is 6.18 Å². The van der Waals surface area contributed by atoms with Gasteiger partial charge in [0.2, 0.25) is 5.91 Å². The maximum Gasteiger partial charge on any atom is 0.435 e. The molecule has 30 heavy (non-hydrogen) atoms. The number of anilines is 1. The molecule has 1 aromatic heterocycles. The van der Waals surface area contributed by atoms with Gasteiger partial charge in [-0.15, -0.1) is 0 Å². The van der Waals surface area contributed by atoms with E-state index in [1.54, 1.807) is 0 Å². The van der Waals surface area contributed by atoms with Crippen LogP contribution < -0.4 is 5.32 Å². The fourth-order valence-corrected chi connectivity index (χ4v) is 4.39. The van der Waals surface area contributed by atoms with Crippen LogP contribution in [0.25, 0.3) is 0 Å². The summed E-state index contributed by atoms with van der Waals surface area (Å²) in [7, 11) is 0. The van der Waals surface area contributed by atoms with Crippen LogP contribution in [0.1, 0.15) is 54.8 Å². The molecule has 1 aromatic carbocycles. The number of hydrogen-bond donors (Lipinski definition) is 2. The van der Waals surface area contributed by atoms with Crippen molar-refractivity contribution in [1.29, 1.82) is 0 Å². The first-order valence-corrected chi connectivity index (χ1v) is 10.5. The number of benzene rings is 1. The molecule has 2 N–H and O–H groups in total. The lowest BCUT2D eigenvalue weighted by molar-refractivity contribution is -0.142. The van der Waals surface area contributed by atoms with Crippen molar-refractivity contribution in [3.8, 4) is 0 Å². The van der Waals surface area contributed by atoms with E-state index in [4.69, 9.17) is 0 Å². The minimum absolute atomic E-state index is 0.0576. The number of aryl methyl sites for hydroxylation is 1. The third-order valence-electron chi connectivity index (χ3n) is 6.11. The van der Waals surface area contributed by atoms with E-state index in [0.29, 0.717) is 24.5 Å². The summed E-state index contributed by atoms with van der Waals surface area (Å²) in [4.78, 5) is 15.3. The van der Waals surface area contributed by atoms with Gasteiger partial charge in [0.05, 0.1) is 0 Å². The standard InChI is InChI=1S/C22H27F3N4O/c1-13(2)8-9-29-11-15-4-3-5-18(17(15)12-29)26-21(30)14-6-7-19-16(10-14)20(28-27-19)22(23,24)25/h3-5,13-14H,6-12H2,1-2H3,(H,26,30)(H,27,28). The highest BCUT2D eigenvalue weighted by Crippen LogP contribution is 2.37. The highest BCUT2D eigenvalue weighted by atomic mass is 19.4. The molecule has 4 rings (SSSR count). The number of carbonyl (C=O) groups excluding carboxylic acids is 1. The summed E-state index contributed by atoms with van der Waals surface area (Å²) in [6.45, 7) is 7.06. The van der Waals surface area contributed by atoms with E-state index in [9.17, 15) is 18.0 Å². The van der Waals surface area contributed by atoms with Gasteiger partial charge in [-0.3, -0.25) is 14.8 Å². The lowest BCUT2D eigenvalue weighted by Crippen LogP contribution is -2.29. The molecule has 162 valence electrons. The number of aromatic nitrogens is 2. The fraction of sp³-hybridized carbons (Fsp3) is 0.545. The number of alkyl halides is 3. The van der Waals surface area contributed by atoms with Crippen molar-refractivity contribution < 1.29 is 18.0 Å². The van der Waals surface area contributed by atoms with Crippen LogP contribution in [0.3, 0.4) is 0 Å². The average Bonchev–Trinajstić information content (AvgIpc) is 3.29. The van der Waals surface area contributed by atoms with E-state index in [0.717, 1.165) is 37.3 Å². The highest BCUT2D eigenvalue weighted by Gasteiger charge is 2.40. The molecular weight excluding hydrogens is 393 g/mol. The Morgan fingerprint density at radius 3 is 2.83 bits per heavy atom. The number of H-pyrrole nitrogens is 1. The maximum atomic E-state index is 13.2. The monoisotopic (exact) mass is 420 g/mol. The molecule has 1 aliphatic carbocycles. The molecule has 2 heterocycles. The summed E-state index contributed by atoms with van der Waals surface area (Å²) >= 11 is 0. The van der Waals surface area contributed by atoms with Crippen LogP contribution in [0.2, 0.25) is 0 Å². The predicted molar refractivity (Wildman–Crippen MR) is 108 cm³/mol. The van der Waals surface area contributed by atoms with Crippen molar-refractivity contribution in [3.05, 3.63) is 46.3 Å². The number of rotatable bonds is 5. The first kappa shape index (κ1) is 20.9. The number of halogens is 3. The zero-order valence-electron chi connectivity index (χ0n) is 17.3. The SMILES string of the molecule is CC(C)CCN1Cc2cccc(NC(=O)C3CCc4[nH]nc(C(F)(F)F)c4C3)c2C1. The van der Waals surface area contributed by atoms with E-state index in [-0.39, 0.29) is 17.9 Å². The molecule has 2 aliphatic rings. The van der Waals surface area contributed by atoms with E-state index >= 15 is 0 Å². The van der Waals surface area contributed by atoms with Crippen LogP contribution in [0, 0.1) is 11.8 Å². The van der Waals surface area contributed by atoms with Crippen molar-refractivity contribution >= 4 is 11.6 Å². The van der Waals surface area contributed by atoms with Gasteiger partial charge in [0.1, 0.15) is 0 Å². The van der Waals surface area contributed by atoms with Crippen molar-refractivity contribution in [2.75, 3.05) is 11.9 Å². The van der Waals surface area contributed by atoms with Crippen LogP contribution in [0.5, 0.6) is 0 Å². The number of nitrogens with one attached hydrogen (secondary N) is 2. The summed E-state index contributed by atoms with van der Waals surface area (Å²) in [6.07, 6.45) is -2.43. The molecule has 1 amide bonds. The largest absolute Gasteiger partial charge is 0.435 e. The molecule has 1 unspecified atom stereocenters. The molecule has 5 nitrogen and oxygen atoms in total. The first-order valence-electron chi connectivity index (χ1n) is 10.5. The van der Waals surface area contributed by atoms with Crippen LogP contribution in [0.15, 0.2) is 18.2 Å². The summed E-state index contributed by atoms with van der Waals surface area (Å²) in [5, 5.41) is 8.94.